The lowest BCUT2D eigenvalue weighted by molar-refractivity contribution is -0.119. The first-order valence-corrected chi connectivity index (χ1v) is 12.7. The minimum Gasteiger partial charge on any atom is -0.486 e. The molecule has 2 aliphatic rings. The Labute approximate surface area is 202 Å². The fourth-order valence-electron chi connectivity index (χ4n) is 4.35. The van der Waals surface area contributed by atoms with Crippen LogP contribution in [-0.4, -0.2) is 36.9 Å². The number of carbonyl (C=O) groups is 2. The number of furan rings is 1. The molecule has 8 heteroatoms. The van der Waals surface area contributed by atoms with Crippen LogP contribution in [0.5, 0.6) is 11.5 Å². The summed E-state index contributed by atoms with van der Waals surface area (Å²) in [6.07, 6.45) is 6.24. The maximum absolute atomic E-state index is 12.9. The van der Waals surface area contributed by atoms with Gasteiger partial charge in [0.2, 0.25) is 5.76 Å². The van der Waals surface area contributed by atoms with Crippen LogP contribution in [0, 0.1) is 0 Å². The van der Waals surface area contributed by atoms with Crippen molar-refractivity contribution in [3.05, 3.63) is 53.8 Å². The largest absolute Gasteiger partial charge is 0.486 e. The number of carbonyl (C=O) groups excluding carboxylic acids is 2. The fourth-order valence-corrected chi connectivity index (χ4v) is 5.71. The van der Waals surface area contributed by atoms with Crippen molar-refractivity contribution in [3.8, 4) is 11.5 Å². The summed E-state index contributed by atoms with van der Waals surface area (Å²) in [6.45, 7) is 0.540. The van der Waals surface area contributed by atoms with Crippen LogP contribution in [0.2, 0.25) is 0 Å². The molecule has 0 unspecified atom stereocenters. The van der Waals surface area contributed by atoms with Crippen LogP contribution >= 0.6 is 11.8 Å². The molecule has 34 heavy (non-hydrogen) atoms. The minimum atomic E-state index is -0.632. The third kappa shape index (κ3) is 5.17. The molecule has 178 valence electrons. The zero-order valence-corrected chi connectivity index (χ0v) is 19.7. The molecule has 1 fully saturated rings. The maximum Gasteiger partial charge on any atom is 0.375 e. The van der Waals surface area contributed by atoms with E-state index < -0.39 is 18.5 Å². The van der Waals surface area contributed by atoms with Crippen LogP contribution in [0.3, 0.4) is 0 Å². The highest BCUT2D eigenvalue weighted by atomic mass is 32.2. The van der Waals surface area contributed by atoms with Gasteiger partial charge < -0.3 is 23.9 Å². The first-order chi connectivity index (χ1) is 16.7. The van der Waals surface area contributed by atoms with Crippen molar-refractivity contribution in [2.45, 2.75) is 43.1 Å². The second-order valence-corrected chi connectivity index (χ2v) is 9.75. The zero-order chi connectivity index (χ0) is 23.3. The number of amides is 1. The van der Waals surface area contributed by atoms with Crippen molar-refractivity contribution >= 4 is 40.3 Å². The van der Waals surface area contributed by atoms with Crippen LogP contribution in [0.4, 0.5) is 5.69 Å². The number of thioether (sulfide) groups is 1. The molecule has 1 aromatic heterocycles. The third-order valence-corrected chi connectivity index (χ3v) is 7.46. The zero-order valence-electron chi connectivity index (χ0n) is 18.8. The van der Waals surface area contributed by atoms with E-state index >= 15 is 0 Å². The maximum atomic E-state index is 12.9. The third-order valence-electron chi connectivity index (χ3n) is 6.06. The van der Waals surface area contributed by atoms with Gasteiger partial charge in [-0.3, -0.25) is 4.79 Å². The smallest absolute Gasteiger partial charge is 0.375 e. The van der Waals surface area contributed by atoms with Crippen molar-refractivity contribution in [2.24, 2.45) is 0 Å². The predicted octanol–water partition coefficient (Wildman–Crippen LogP) is 5.57. The first-order valence-electron chi connectivity index (χ1n) is 11.7. The second kappa shape index (κ2) is 10.4. The summed E-state index contributed by atoms with van der Waals surface area (Å²) >= 11 is 1.87. The molecular weight excluding hydrogens is 454 g/mol. The van der Waals surface area contributed by atoms with E-state index in [2.05, 4.69) is 5.32 Å². The lowest BCUT2D eigenvalue weighted by Gasteiger charge is -2.20. The second-order valence-electron chi connectivity index (χ2n) is 8.46. The summed E-state index contributed by atoms with van der Waals surface area (Å²) < 4.78 is 22.2. The Morgan fingerprint density at radius 3 is 2.65 bits per heavy atom. The van der Waals surface area contributed by atoms with Crippen molar-refractivity contribution < 1.29 is 28.2 Å². The highest BCUT2D eigenvalue weighted by molar-refractivity contribution is 7.99. The summed E-state index contributed by atoms with van der Waals surface area (Å²) in [5, 5.41) is 4.24. The van der Waals surface area contributed by atoms with E-state index in [-0.39, 0.29) is 5.76 Å². The van der Waals surface area contributed by atoms with Crippen LogP contribution in [0.15, 0.2) is 46.9 Å². The number of hydrogen-bond acceptors (Lipinski definition) is 7. The molecule has 2 heterocycles. The van der Waals surface area contributed by atoms with Gasteiger partial charge in [-0.15, -0.1) is 0 Å². The average Bonchev–Trinajstić information content (AvgIpc) is 3.25. The van der Waals surface area contributed by atoms with Gasteiger partial charge in [0.1, 0.15) is 18.8 Å². The standard InChI is InChI=1S/C26H27NO6S/c28-24(27-17-10-11-22-23(14-17)31-13-12-30-22)15-32-26(29)25-20(16-34-18-6-2-1-3-7-18)19-8-4-5-9-21(19)33-25/h4-5,8-11,14,18H,1-3,6-7,12-13,15-16H2,(H,27,28). The predicted molar refractivity (Wildman–Crippen MR) is 131 cm³/mol. The van der Waals surface area contributed by atoms with Crippen molar-refractivity contribution in [2.75, 3.05) is 25.1 Å². The topological polar surface area (TPSA) is 87.0 Å². The number of fused-ring (bicyclic) bond motifs is 2. The average molecular weight is 482 g/mol. The van der Waals surface area contributed by atoms with Gasteiger partial charge in [-0.2, -0.15) is 11.8 Å². The number of hydrogen-bond donors (Lipinski definition) is 1. The van der Waals surface area contributed by atoms with E-state index in [1.54, 1.807) is 18.2 Å². The van der Waals surface area contributed by atoms with Crippen molar-refractivity contribution in [1.82, 2.24) is 0 Å². The Bertz CT molecular complexity index is 1180. The normalized spacial score (nSPS) is 15.8. The van der Waals surface area contributed by atoms with Gasteiger partial charge in [-0.25, -0.2) is 4.79 Å². The lowest BCUT2D eigenvalue weighted by atomic mass is 10.0. The minimum absolute atomic E-state index is 0.177. The molecule has 1 N–H and O–H groups in total. The van der Waals surface area contributed by atoms with Gasteiger partial charge in [0, 0.05) is 33.7 Å². The Morgan fingerprint density at radius 1 is 1.00 bits per heavy atom. The number of benzene rings is 2. The molecule has 3 aromatic rings. The number of ether oxygens (including phenoxy) is 3. The molecule has 0 spiro atoms. The molecule has 1 aliphatic heterocycles. The summed E-state index contributed by atoms with van der Waals surface area (Å²) in [5.74, 6) is 0.987. The van der Waals surface area contributed by atoms with Crippen molar-refractivity contribution in [1.29, 1.82) is 0 Å². The van der Waals surface area contributed by atoms with Crippen LogP contribution in [0.25, 0.3) is 11.0 Å². The van der Waals surface area contributed by atoms with Crippen LogP contribution in [0.1, 0.15) is 48.2 Å². The molecule has 1 saturated carbocycles. The lowest BCUT2D eigenvalue weighted by Crippen LogP contribution is -2.21. The van der Waals surface area contributed by atoms with E-state index in [0.29, 0.717) is 47.0 Å². The molecule has 0 atom stereocenters. The molecule has 0 saturated heterocycles. The number of anilines is 1. The fraction of sp³-hybridized carbons (Fsp3) is 0.385. The number of esters is 1. The molecule has 0 bridgehead atoms. The first kappa shape index (κ1) is 22.7. The highest BCUT2D eigenvalue weighted by Gasteiger charge is 2.24. The Kier molecular flexibility index (Phi) is 6.94. The van der Waals surface area contributed by atoms with E-state index in [9.17, 15) is 9.59 Å². The molecule has 2 aromatic carbocycles. The van der Waals surface area contributed by atoms with Gasteiger partial charge in [0.25, 0.3) is 5.91 Å². The van der Waals surface area contributed by atoms with E-state index in [0.717, 1.165) is 10.9 Å². The van der Waals surface area contributed by atoms with Gasteiger partial charge in [-0.05, 0) is 31.0 Å². The van der Waals surface area contributed by atoms with Crippen molar-refractivity contribution in [3.63, 3.8) is 0 Å². The quantitative estimate of drug-likeness (QED) is 0.442. The number of nitrogens with one attached hydrogen (secondary N) is 1. The monoisotopic (exact) mass is 481 g/mol. The van der Waals surface area contributed by atoms with Crippen LogP contribution < -0.4 is 14.8 Å². The van der Waals surface area contributed by atoms with Gasteiger partial charge in [0.15, 0.2) is 18.1 Å². The number of rotatable bonds is 7. The van der Waals surface area contributed by atoms with Gasteiger partial charge in [0.05, 0.1) is 0 Å². The van der Waals surface area contributed by atoms with E-state index in [1.807, 2.05) is 36.0 Å². The summed E-state index contributed by atoms with van der Waals surface area (Å²) in [4.78, 5) is 25.3. The molecule has 5 rings (SSSR count). The van der Waals surface area contributed by atoms with Crippen LogP contribution in [-0.2, 0) is 15.3 Å². The highest BCUT2D eigenvalue weighted by Crippen LogP contribution is 2.35. The Hall–Kier alpha value is -3.13. The molecule has 0 radical (unpaired) electrons. The molecule has 1 aliphatic carbocycles. The molecular formula is C26H27NO6S. The van der Waals surface area contributed by atoms with Gasteiger partial charge >= 0.3 is 5.97 Å². The summed E-state index contributed by atoms with van der Waals surface area (Å²) in [6, 6.07) is 12.8. The van der Waals surface area contributed by atoms with Gasteiger partial charge in [-0.1, -0.05) is 37.5 Å². The number of para-hydroxylation sites is 1. The molecule has 1 amide bonds. The summed E-state index contributed by atoms with van der Waals surface area (Å²) in [7, 11) is 0. The van der Waals surface area contributed by atoms with E-state index in [4.69, 9.17) is 18.6 Å². The summed E-state index contributed by atoms with van der Waals surface area (Å²) in [5.41, 5.74) is 2.02. The SMILES string of the molecule is O=C(COC(=O)c1oc2ccccc2c1CSC1CCCCC1)Nc1ccc2c(c1)OCCO2. The Balaban J connectivity index is 1.23. The van der Waals surface area contributed by atoms with E-state index in [1.165, 1.54) is 32.1 Å². The molecule has 7 nitrogen and oxygen atoms in total. The Morgan fingerprint density at radius 2 is 1.79 bits per heavy atom.